The van der Waals surface area contributed by atoms with Crippen molar-refractivity contribution in [2.24, 2.45) is 0 Å². The fraction of sp³-hybridized carbons (Fsp3) is 0.190. The normalized spacial score (nSPS) is 11.6. The van der Waals surface area contributed by atoms with Crippen molar-refractivity contribution in [1.82, 2.24) is 4.98 Å². The molecule has 4 nitrogen and oxygen atoms in total. The maximum atomic E-state index is 12.9. The molecule has 1 atom stereocenters. The Bertz CT molecular complexity index is 792. The highest BCUT2D eigenvalue weighted by Crippen LogP contribution is 2.23. The highest BCUT2D eigenvalue weighted by Gasteiger charge is 2.10. The van der Waals surface area contributed by atoms with Crippen LogP contribution in [0.2, 0.25) is 0 Å². The number of benzene rings is 2. The first-order chi connectivity index (χ1) is 12.7. The number of halogens is 1. The summed E-state index contributed by atoms with van der Waals surface area (Å²) in [5.74, 6) is 2.24. The van der Waals surface area contributed by atoms with E-state index in [4.69, 9.17) is 14.2 Å². The van der Waals surface area contributed by atoms with E-state index >= 15 is 0 Å². The molecule has 0 spiro atoms. The van der Waals surface area contributed by atoms with Crippen molar-refractivity contribution >= 4 is 0 Å². The van der Waals surface area contributed by atoms with Gasteiger partial charge in [-0.05, 0) is 48.9 Å². The van der Waals surface area contributed by atoms with Crippen LogP contribution < -0.4 is 14.2 Å². The summed E-state index contributed by atoms with van der Waals surface area (Å²) >= 11 is 0. The molecule has 0 aliphatic carbocycles. The number of nitrogens with zero attached hydrogens (tertiary/aromatic N) is 1. The highest BCUT2D eigenvalue weighted by molar-refractivity contribution is 5.35. The zero-order valence-electron chi connectivity index (χ0n) is 14.5. The number of aromatic nitrogens is 1. The summed E-state index contributed by atoms with van der Waals surface area (Å²) in [6.07, 6.45) is 1.70. The Labute approximate surface area is 152 Å². The molecule has 1 unspecified atom stereocenters. The van der Waals surface area contributed by atoms with Crippen molar-refractivity contribution in [3.8, 4) is 23.1 Å². The Balaban J connectivity index is 1.52. The number of hydrogen-bond donors (Lipinski definition) is 0. The van der Waals surface area contributed by atoms with Crippen molar-refractivity contribution in [3.63, 3.8) is 0 Å². The number of hydrogen-bond acceptors (Lipinski definition) is 4. The minimum atomic E-state index is -0.389. The molecule has 1 aromatic heterocycles. The standard InChI is InChI=1S/C21H20FNO3/c1-2-17(26-21-13-8-16(22)14-23-21)15-24-18-9-11-20(12-10-18)25-19-6-4-3-5-7-19/h3-14,17H,2,15H2,1H3. The number of ether oxygens (including phenoxy) is 3. The van der Waals surface area contributed by atoms with Gasteiger partial charge in [0.05, 0.1) is 6.20 Å². The Morgan fingerprint density at radius 2 is 1.58 bits per heavy atom. The third kappa shape index (κ3) is 5.21. The van der Waals surface area contributed by atoms with Crippen LogP contribution in [0, 0.1) is 5.82 Å². The first-order valence-corrected chi connectivity index (χ1v) is 8.47. The summed E-state index contributed by atoms with van der Waals surface area (Å²) in [7, 11) is 0. The molecule has 26 heavy (non-hydrogen) atoms. The maximum Gasteiger partial charge on any atom is 0.213 e. The van der Waals surface area contributed by atoms with E-state index in [9.17, 15) is 4.39 Å². The molecule has 0 aliphatic rings. The molecular weight excluding hydrogens is 333 g/mol. The second kappa shape index (κ2) is 8.85. The van der Waals surface area contributed by atoms with Gasteiger partial charge >= 0.3 is 0 Å². The van der Waals surface area contributed by atoms with Crippen molar-refractivity contribution in [1.29, 1.82) is 0 Å². The SMILES string of the molecule is CCC(COc1ccc(Oc2ccccc2)cc1)Oc1ccc(F)cn1. The van der Waals surface area contributed by atoms with Gasteiger partial charge in [0.15, 0.2) is 0 Å². The quantitative estimate of drug-likeness (QED) is 0.555. The van der Waals surface area contributed by atoms with Crippen LogP contribution in [0.5, 0.6) is 23.1 Å². The molecule has 0 N–H and O–H groups in total. The summed E-state index contributed by atoms with van der Waals surface area (Å²) in [4.78, 5) is 3.90. The van der Waals surface area contributed by atoms with E-state index in [-0.39, 0.29) is 11.9 Å². The zero-order valence-corrected chi connectivity index (χ0v) is 14.5. The summed E-state index contributed by atoms with van der Waals surface area (Å²) in [6, 6.07) is 19.8. The topological polar surface area (TPSA) is 40.6 Å². The average molecular weight is 353 g/mol. The van der Waals surface area contributed by atoms with Gasteiger partial charge in [0.1, 0.15) is 35.8 Å². The van der Waals surface area contributed by atoms with E-state index in [2.05, 4.69) is 4.98 Å². The Hall–Kier alpha value is -3.08. The second-order valence-corrected chi connectivity index (χ2v) is 5.66. The van der Waals surface area contributed by atoms with Crippen molar-refractivity contribution in [3.05, 3.63) is 78.7 Å². The first-order valence-electron chi connectivity index (χ1n) is 8.47. The minimum absolute atomic E-state index is 0.173. The summed E-state index contributed by atoms with van der Waals surface area (Å²) < 4.78 is 30.1. The lowest BCUT2D eigenvalue weighted by atomic mass is 10.3. The largest absolute Gasteiger partial charge is 0.490 e. The van der Waals surface area contributed by atoms with E-state index in [0.29, 0.717) is 12.5 Å². The smallest absolute Gasteiger partial charge is 0.213 e. The predicted octanol–water partition coefficient (Wildman–Crippen LogP) is 5.25. The van der Waals surface area contributed by atoms with Gasteiger partial charge < -0.3 is 14.2 Å². The van der Waals surface area contributed by atoms with E-state index in [0.717, 1.165) is 29.9 Å². The fourth-order valence-corrected chi connectivity index (χ4v) is 2.26. The number of para-hydroxylation sites is 1. The van der Waals surface area contributed by atoms with Crippen LogP contribution in [-0.4, -0.2) is 17.7 Å². The summed E-state index contributed by atoms with van der Waals surface area (Å²) in [5.41, 5.74) is 0. The molecule has 2 aromatic carbocycles. The average Bonchev–Trinajstić information content (AvgIpc) is 2.68. The van der Waals surface area contributed by atoms with Gasteiger partial charge in [0, 0.05) is 6.07 Å². The molecule has 5 heteroatoms. The number of pyridine rings is 1. The van der Waals surface area contributed by atoms with Gasteiger partial charge in [-0.15, -0.1) is 0 Å². The van der Waals surface area contributed by atoms with Gasteiger partial charge in [-0.3, -0.25) is 0 Å². The molecule has 3 rings (SSSR count). The van der Waals surface area contributed by atoms with Crippen LogP contribution in [-0.2, 0) is 0 Å². The van der Waals surface area contributed by atoms with Crippen molar-refractivity contribution < 1.29 is 18.6 Å². The molecule has 0 saturated carbocycles. The van der Waals surface area contributed by atoms with Gasteiger partial charge in [-0.1, -0.05) is 25.1 Å². The van der Waals surface area contributed by atoms with E-state index in [1.54, 1.807) is 0 Å². The van der Waals surface area contributed by atoms with Gasteiger partial charge in [-0.25, -0.2) is 9.37 Å². The summed E-state index contributed by atoms with van der Waals surface area (Å²) in [6.45, 7) is 2.36. The van der Waals surface area contributed by atoms with Crippen LogP contribution in [0.1, 0.15) is 13.3 Å². The maximum absolute atomic E-state index is 12.9. The zero-order chi connectivity index (χ0) is 18.2. The molecule has 0 fully saturated rings. The Kier molecular flexibility index (Phi) is 6.04. The molecule has 134 valence electrons. The van der Waals surface area contributed by atoms with E-state index in [1.807, 2.05) is 61.5 Å². The number of rotatable bonds is 8. The molecule has 1 heterocycles. The van der Waals surface area contributed by atoms with E-state index < -0.39 is 0 Å². The molecule has 0 saturated heterocycles. The fourth-order valence-electron chi connectivity index (χ4n) is 2.26. The molecule has 0 bridgehead atoms. The van der Waals surface area contributed by atoms with Crippen LogP contribution in [0.4, 0.5) is 4.39 Å². The third-order valence-corrected chi connectivity index (χ3v) is 3.68. The highest BCUT2D eigenvalue weighted by atomic mass is 19.1. The molecular formula is C21H20FNO3. The van der Waals surface area contributed by atoms with Gasteiger partial charge in [-0.2, -0.15) is 0 Å². The second-order valence-electron chi connectivity index (χ2n) is 5.66. The Morgan fingerprint density at radius 1 is 0.885 bits per heavy atom. The Morgan fingerprint density at radius 3 is 2.23 bits per heavy atom. The van der Waals surface area contributed by atoms with Crippen LogP contribution >= 0.6 is 0 Å². The van der Waals surface area contributed by atoms with Crippen molar-refractivity contribution in [2.45, 2.75) is 19.4 Å². The lowest BCUT2D eigenvalue weighted by molar-refractivity contribution is 0.120. The van der Waals surface area contributed by atoms with Crippen LogP contribution in [0.25, 0.3) is 0 Å². The van der Waals surface area contributed by atoms with Crippen LogP contribution in [0.3, 0.4) is 0 Å². The summed E-state index contributed by atoms with van der Waals surface area (Å²) in [5, 5.41) is 0. The lowest BCUT2D eigenvalue weighted by Gasteiger charge is -2.17. The lowest BCUT2D eigenvalue weighted by Crippen LogP contribution is -2.24. The van der Waals surface area contributed by atoms with Gasteiger partial charge in [0.25, 0.3) is 0 Å². The molecule has 0 radical (unpaired) electrons. The monoisotopic (exact) mass is 353 g/mol. The molecule has 0 amide bonds. The van der Waals surface area contributed by atoms with E-state index in [1.165, 1.54) is 12.1 Å². The molecule has 3 aromatic rings. The third-order valence-electron chi connectivity index (χ3n) is 3.68. The molecule has 0 aliphatic heterocycles. The first kappa shape index (κ1) is 17.7. The van der Waals surface area contributed by atoms with Gasteiger partial charge in [0.2, 0.25) is 5.88 Å². The van der Waals surface area contributed by atoms with Crippen molar-refractivity contribution in [2.75, 3.05) is 6.61 Å². The predicted molar refractivity (Wildman–Crippen MR) is 97.4 cm³/mol. The van der Waals surface area contributed by atoms with Crippen LogP contribution in [0.15, 0.2) is 72.9 Å². The minimum Gasteiger partial charge on any atom is -0.490 e.